The SMILES string of the molecule is COc1ccc(C(=O)c2ccc(OC)cc2-c2ccccc2N)c(-c2ccccc2N)c1. The van der Waals surface area contributed by atoms with Gasteiger partial charge in [0.2, 0.25) is 0 Å². The third kappa shape index (κ3) is 3.88. The molecule has 32 heavy (non-hydrogen) atoms. The first-order valence-corrected chi connectivity index (χ1v) is 10.1. The summed E-state index contributed by atoms with van der Waals surface area (Å²) in [7, 11) is 3.18. The van der Waals surface area contributed by atoms with Gasteiger partial charge in [-0.3, -0.25) is 4.79 Å². The summed E-state index contributed by atoms with van der Waals surface area (Å²) in [6.07, 6.45) is 0. The van der Waals surface area contributed by atoms with Crippen molar-refractivity contribution in [3.05, 3.63) is 96.1 Å². The molecule has 4 aromatic carbocycles. The summed E-state index contributed by atoms with van der Waals surface area (Å²) >= 11 is 0. The fourth-order valence-corrected chi connectivity index (χ4v) is 3.77. The Balaban J connectivity index is 1.93. The minimum atomic E-state index is -0.146. The zero-order valence-corrected chi connectivity index (χ0v) is 18.0. The molecule has 0 aliphatic rings. The molecule has 4 rings (SSSR count). The highest BCUT2D eigenvalue weighted by atomic mass is 16.5. The van der Waals surface area contributed by atoms with Crippen LogP contribution in [-0.4, -0.2) is 20.0 Å². The van der Waals surface area contributed by atoms with E-state index >= 15 is 0 Å². The van der Waals surface area contributed by atoms with Gasteiger partial charge < -0.3 is 20.9 Å². The van der Waals surface area contributed by atoms with E-state index in [1.807, 2.05) is 60.7 Å². The van der Waals surface area contributed by atoms with E-state index in [-0.39, 0.29) is 5.78 Å². The number of nitrogens with two attached hydrogens (primary N) is 2. The average Bonchev–Trinajstić information content (AvgIpc) is 2.83. The Bertz CT molecular complexity index is 1200. The van der Waals surface area contributed by atoms with Crippen molar-refractivity contribution in [1.82, 2.24) is 0 Å². The number of carbonyl (C=O) groups is 1. The highest BCUT2D eigenvalue weighted by Crippen LogP contribution is 2.37. The van der Waals surface area contributed by atoms with Gasteiger partial charge in [-0.15, -0.1) is 0 Å². The number of anilines is 2. The topological polar surface area (TPSA) is 87.6 Å². The molecule has 0 heterocycles. The second-order valence-electron chi connectivity index (χ2n) is 7.33. The lowest BCUT2D eigenvalue weighted by Gasteiger charge is -2.16. The van der Waals surface area contributed by atoms with Gasteiger partial charge in [0.05, 0.1) is 14.2 Å². The van der Waals surface area contributed by atoms with Crippen LogP contribution in [0.2, 0.25) is 0 Å². The van der Waals surface area contributed by atoms with Gasteiger partial charge in [0.25, 0.3) is 0 Å². The molecule has 0 amide bonds. The van der Waals surface area contributed by atoms with Crippen LogP contribution in [0, 0.1) is 0 Å². The highest BCUT2D eigenvalue weighted by molar-refractivity contribution is 6.17. The van der Waals surface area contributed by atoms with Crippen LogP contribution in [0.4, 0.5) is 11.4 Å². The summed E-state index contributed by atoms with van der Waals surface area (Å²) in [5.74, 6) is 1.14. The third-order valence-electron chi connectivity index (χ3n) is 5.44. The summed E-state index contributed by atoms with van der Waals surface area (Å²) in [5.41, 5.74) is 17.6. The summed E-state index contributed by atoms with van der Waals surface area (Å²) in [6.45, 7) is 0. The van der Waals surface area contributed by atoms with E-state index in [0.29, 0.717) is 45.1 Å². The van der Waals surface area contributed by atoms with E-state index in [1.54, 1.807) is 38.5 Å². The number of methoxy groups -OCH3 is 2. The molecular formula is C27H24N2O3. The van der Waals surface area contributed by atoms with Crippen LogP contribution in [0.5, 0.6) is 11.5 Å². The molecule has 160 valence electrons. The predicted molar refractivity (Wildman–Crippen MR) is 129 cm³/mol. The van der Waals surface area contributed by atoms with E-state index in [0.717, 1.165) is 11.1 Å². The Morgan fingerprint density at radius 3 is 1.38 bits per heavy atom. The van der Waals surface area contributed by atoms with Crippen molar-refractivity contribution in [2.75, 3.05) is 25.7 Å². The molecule has 0 spiro atoms. The maximum Gasteiger partial charge on any atom is 0.194 e. The van der Waals surface area contributed by atoms with Crippen molar-refractivity contribution in [3.63, 3.8) is 0 Å². The molecule has 0 radical (unpaired) electrons. The largest absolute Gasteiger partial charge is 0.497 e. The zero-order chi connectivity index (χ0) is 22.7. The number of ketones is 1. The Morgan fingerprint density at radius 2 is 1.00 bits per heavy atom. The van der Waals surface area contributed by atoms with Crippen LogP contribution >= 0.6 is 0 Å². The second kappa shape index (κ2) is 8.86. The van der Waals surface area contributed by atoms with Crippen molar-refractivity contribution in [2.45, 2.75) is 0 Å². The van der Waals surface area contributed by atoms with Crippen LogP contribution in [0.3, 0.4) is 0 Å². The number of carbonyl (C=O) groups excluding carboxylic acids is 1. The fourth-order valence-electron chi connectivity index (χ4n) is 3.77. The third-order valence-corrected chi connectivity index (χ3v) is 5.44. The van der Waals surface area contributed by atoms with E-state index in [2.05, 4.69) is 0 Å². The monoisotopic (exact) mass is 424 g/mol. The first-order valence-electron chi connectivity index (χ1n) is 10.1. The molecule has 4 aromatic rings. The maximum atomic E-state index is 13.9. The van der Waals surface area contributed by atoms with Crippen molar-refractivity contribution < 1.29 is 14.3 Å². The van der Waals surface area contributed by atoms with Gasteiger partial charge >= 0.3 is 0 Å². The number of hydrogen-bond donors (Lipinski definition) is 2. The van der Waals surface area contributed by atoms with Crippen LogP contribution in [0.15, 0.2) is 84.9 Å². The van der Waals surface area contributed by atoms with Crippen LogP contribution in [-0.2, 0) is 0 Å². The standard InChI is InChI=1S/C27H24N2O3/c1-31-17-11-13-21(23(15-17)19-7-3-5-9-25(19)28)27(30)22-14-12-18(32-2)16-24(22)20-8-4-6-10-26(20)29/h3-16H,28-29H2,1-2H3. The maximum absolute atomic E-state index is 13.9. The Hall–Kier alpha value is -4.25. The van der Waals surface area contributed by atoms with Gasteiger partial charge in [0.1, 0.15) is 11.5 Å². The van der Waals surface area contributed by atoms with Crippen molar-refractivity contribution in [3.8, 4) is 33.8 Å². The van der Waals surface area contributed by atoms with Crippen molar-refractivity contribution in [1.29, 1.82) is 0 Å². The molecule has 0 aliphatic heterocycles. The summed E-state index contributed by atoms with van der Waals surface area (Å²) in [6, 6.07) is 25.7. The molecule has 5 nitrogen and oxygen atoms in total. The molecule has 0 saturated heterocycles. The normalized spacial score (nSPS) is 10.6. The molecule has 0 aromatic heterocycles. The number of nitrogen functional groups attached to an aromatic ring is 2. The van der Waals surface area contributed by atoms with E-state index in [4.69, 9.17) is 20.9 Å². The van der Waals surface area contributed by atoms with E-state index in [9.17, 15) is 4.79 Å². The molecule has 4 N–H and O–H groups in total. The van der Waals surface area contributed by atoms with Crippen LogP contribution in [0.1, 0.15) is 15.9 Å². The summed E-state index contributed by atoms with van der Waals surface area (Å²) in [5, 5.41) is 0. The van der Waals surface area contributed by atoms with Gasteiger partial charge in [0.15, 0.2) is 5.78 Å². The summed E-state index contributed by atoms with van der Waals surface area (Å²) in [4.78, 5) is 13.9. The van der Waals surface area contributed by atoms with Gasteiger partial charge in [-0.2, -0.15) is 0 Å². The lowest BCUT2D eigenvalue weighted by molar-refractivity contribution is 0.104. The number of rotatable bonds is 6. The van der Waals surface area contributed by atoms with Crippen LogP contribution < -0.4 is 20.9 Å². The average molecular weight is 425 g/mol. The predicted octanol–water partition coefficient (Wildman–Crippen LogP) is 5.43. The summed E-state index contributed by atoms with van der Waals surface area (Å²) < 4.78 is 10.8. The fraction of sp³-hybridized carbons (Fsp3) is 0.0741. The highest BCUT2D eigenvalue weighted by Gasteiger charge is 2.21. The smallest absolute Gasteiger partial charge is 0.194 e. The lowest BCUT2D eigenvalue weighted by atomic mass is 9.89. The van der Waals surface area contributed by atoms with Gasteiger partial charge in [-0.05, 0) is 59.7 Å². The van der Waals surface area contributed by atoms with Gasteiger partial charge in [-0.1, -0.05) is 36.4 Å². The minimum absolute atomic E-state index is 0.146. The first-order chi connectivity index (χ1) is 15.5. The van der Waals surface area contributed by atoms with Crippen LogP contribution in [0.25, 0.3) is 22.3 Å². The first kappa shape index (κ1) is 21.0. The minimum Gasteiger partial charge on any atom is -0.497 e. The number of hydrogen-bond acceptors (Lipinski definition) is 5. The molecule has 5 heteroatoms. The Kier molecular flexibility index (Phi) is 5.81. The number of benzene rings is 4. The Morgan fingerprint density at radius 1 is 0.594 bits per heavy atom. The molecule has 0 unspecified atom stereocenters. The van der Waals surface area contributed by atoms with Gasteiger partial charge in [0, 0.05) is 33.6 Å². The quantitative estimate of drug-likeness (QED) is 0.318. The number of ether oxygens (including phenoxy) is 2. The Labute approximate surface area is 187 Å². The van der Waals surface area contributed by atoms with E-state index in [1.165, 1.54) is 0 Å². The molecular weight excluding hydrogens is 400 g/mol. The molecule has 0 bridgehead atoms. The van der Waals surface area contributed by atoms with Gasteiger partial charge in [-0.25, -0.2) is 0 Å². The molecule has 0 atom stereocenters. The molecule has 0 aliphatic carbocycles. The number of para-hydroxylation sites is 2. The lowest BCUT2D eigenvalue weighted by Crippen LogP contribution is -2.07. The van der Waals surface area contributed by atoms with E-state index < -0.39 is 0 Å². The van der Waals surface area contributed by atoms with Crippen molar-refractivity contribution >= 4 is 17.2 Å². The van der Waals surface area contributed by atoms with Crippen molar-refractivity contribution in [2.24, 2.45) is 0 Å². The second-order valence-corrected chi connectivity index (χ2v) is 7.33. The zero-order valence-electron chi connectivity index (χ0n) is 18.0. The molecule has 0 saturated carbocycles. The molecule has 0 fully saturated rings.